The quantitative estimate of drug-likeness (QED) is 0.511. The molecule has 0 saturated carbocycles. The highest BCUT2D eigenvalue weighted by Gasteiger charge is 2.28. The van der Waals surface area contributed by atoms with Crippen molar-refractivity contribution in [3.63, 3.8) is 0 Å². The molecular weight excluding hydrogens is 446 g/mol. The molecule has 3 N–H and O–H groups in total. The first kappa shape index (κ1) is 22.0. The largest absolute Gasteiger partial charge is 0.484 e. The number of hydrogen-bond acceptors (Lipinski definition) is 7. The Morgan fingerprint density at radius 1 is 0.970 bits per heavy atom. The number of amides is 1. The molecule has 0 atom stereocenters. The highest BCUT2D eigenvalue weighted by Crippen LogP contribution is 2.26. The average molecular weight is 465 g/mol. The van der Waals surface area contributed by atoms with E-state index >= 15 is 0 Å². The summed E-state index contributed by atoms with van der Waals surface area (Å²) in [5.74, 6) is -0.456. The van der Waals surface area contributed by atoms with Crippen LogP contribution >= 0.6 is 0 Å². The van der Waals surface area contributed by atoms with Crippen LogP contribution in [0.2, 0.25) is 0 Å². The van der Waals surface area contributed by atoms with E-state index < -0.39 is 21.9 Å². The lowest BCUT2D eigenvalue weighted by molar-refractivity contribution is -0.119. The number of carbonyl (C=O) groups is 2. The van der Waals surface area contributed by atoms with Crippen LogP contribution in [0.25, 0.3) is 0 Å². The summed E-state index contributed by atoms with van der Waals surface area (Å²) in [7, 11) is -3.72. The van der Waals surface area contributed by atoms with E-state index in [1.807, 2.05) is 0 Å². The van der Waals surface area contributed by atoms with Crippen molar-refractivity contribution in [3.8, 4) is 5.75 Å². The number of amidine groups is 1. The summed E-state index contributed by atoms with van der Waals surface area (Å²) in [5, 5.41) is 2.97. The van der Waals surface area contributed by atoms with E-state index in [9.17, 15) is 18.0 Å². The van der Waals surface area contributed by atoms with Gasteiger partial charge in [-0.2, -0.15) is 8.42 Å². The third-order valence-electron chi connectivity index (χ3n) is 4.66. The summed E-state index contributed by atoms with van der Waals surface area (Å²) >= 11 is 0. The topological polar surface area (TPSA) is 137 Å². The maximum atomic E-state index is 12.4. The zero-order valence-corrected chi connectivity index (χ0v) is 18.0. The summed E-state index contributed by atoms with van der Waals surface area (Å²) in [6.07, 6.45) is 0. The lowest BCUT2D eigenvalue weighted by atomic mass is 10.1. The van der Waals surface area contributed by atoms with E-state index in [2.05, 4.69) is 9.71 Å². The Bertz CT molecular complexity index is 1350. The zero-order valence-electron chi connectivity index (χ0n) is 17.2. The highest BCUT2D eigenvalue weighted by molar-refractivity contribution is 7.90. The second kappa shape index (κ2) is 9.13. The Morgan fingerprint density at radius 2 is 1.73 bits per heavy atom. The van der Waals surface area contributed by atoms with Crippen LogP contribution in [0, 0.1) is 0 Å². The fraction of sp³-hybridized carbons (Fsp3) is 0.0870. The minimum atomic E-state index is -3.72. The first-order chi connectivity index (χ1) is 15.8. The van der Waals surface area contributed by atoms with Gasteiger partial charge in [-0.05, 0) is 54.1 Å². The molecule has 1 amide bonds. The van der Waals surface area contributed by atoms with Gasteiger partial charge < -0.3 is 20.5 Å². The highest BCUT2D eigenvalue weighted by atomic mass is 32.2. The van der Waals surface area contributed by atoms with Gasteiger partial charge in [0.2, 0.25) is 0 Å². The summed E-state index contributed by atoms with van der Waals surface area (Å²) < 4.78 is 38.7. The predicted octanol–water partition coefficient (Wildman–Crippen LogP) is 2.47. The molecule has 0 aliphatic carbocycles. The van der Waals surface area contributed by atoms with Gasteiger partial charge in [-0.3, -0.25) is 4.79 Å². The van der Waals surface area contributed by atoms with Gasteiger partial charge in [0.1, 0.15) is 17.3 Å². The number of anilines is 1. The van der Waals surface area contributed by atoms with Crippen LogP contribution in [0.3, 0.4) is 0 Å². The average Bonchev–Trinajstić information content (AvgIpc) is 3.07. The number of nitrogens with zero attached hydrogens (tertiary/aromatic N) is 1. The maximum absolute atomic E-state index is 12.4. The fourth-order valence-electron chi connectivity index (χ4n) is 3.13. The molecule has 0 aromatic heterocycles. The predicted molar refractivity (Wildman–Crippen MR) is 120 cm³/mol. The minimum absolute atomic E-state index is 0.0120. The molecule has 9 nitrogen and oxygen atoms in total. The Balaban J connectivity index is 1.38. The second-order valence-electron chi connectivity index (χ2n) is 7.09. The van der Waals surface area contributed by atoms with Crippen molar-refractivity contribution < 1.29 is 27.5 Å². The first-order valence-corrected chi connectivity index (χ1v) is 11.2. The minimum Gasteiger partial charge on any atom is -0.484 e. The Labute approximate surface area is 189 Å². The normalized spacial score (nSPS) is 13.5. The third kappa shape index (κ3) is 5.18. The van der Waals surface area contributed by atoms with Crippen molar-refractivity contribution in [1.82, 2.24) is 0 Å². The molecule has 3 aromatic rings. The van der Waals surface area contributed by atoms with Crippen LogP contribution in [-0.4, -0.2) is 32.7 Å². The Morgan fingerprint density at radius 3 is 2.48 bits per heavy atom. The van der Waals surface area contributed by atoms with Gasteiger partial charge in [0.15, 0.2) is 12.4 Å². The van der Waals surface area contributed by atoms with Crippen molar-refractivity contribution >= 4 is 33.4 Å². The molecule has 1 aliphatic rings. The van der Waals surface area contributed by atoms with Gasteiger partial charge in [0.05, 0.1) is 5.56 Å². The summed E-state index contributed by atoms with van der Waals surface area (Å²) in [5.41, 5.74) is 7.12. The van der Waals surface area contributed by atoms with Crippen LogP contribution in [0.1, 0.15) is 21.5 Å². The summed E-state index contributed by atoms with van der Waals surface area (Å²) in [6, 6.07) is 19.7. The smallest absolute Gasteiger partial charge is 0.338 e. The number of primary amides is 1. The lowest BCUT2D eigenvalue weighted by Gasteiger charge is -2.09. The molecule has 4 rings (SSSR count). The van der Waals surface area contributed by atoms with Gasteiger partial charge in [-0.1, -0.05) is 24.3 Å². The monoisotopic (exact) mass is 465 g/mol. The number of rotatable bonds is 7. The van der Waals surface area contributed by atoms with E-state index in [0.29, 0.717) is 28.1 Å². The number of nitrogens with one attached hydrogen (secondary N) is 1. The number of hydrogen-bond donors (Lipinski definition) is 2. The molecule has 168 valence electrons. The lowest BCUT2D eigenvalue weighted by Crippen LogP contribution is -2.20. The maximum Gasteiger partial charge on any atom is 0.338 e. The standard InChI is InChI=1S/C23H19N3O6S/c24-21(27)14-31-18-5-3-4-15(12-18)13-32-23(28)16-8-10-17(11-9-16)25-22-19-6-1-2-7-20(19)33(29,30)26-22/h1-12H,13-14H2,(H2,24,27)(H,25,26). The molecule has 0 unspecified atom stereocenters. The fourth-order valence-corrected chi connectivity index (χ4v) is 4.31. The van der Waals surface area contributed by atoms with Gasteiger partial charge >= 0.3 is 5.97 Å². The van der Waals surface area contributed by atoms with Crippen molar-refractivity contribution in [2.24, 2.45) is 10.1 Å². The van der Waals surface area contributed by atoms with E-state index in [4.69, 9.17) is 15.2 Å². The first-order valence-electron chi connectivity index (χ1n) is 9.80. The zero-order chi connectivity index (χ0) is 23.4. The van der Waals surface area contributed by atoms with Crippen LogP contribution in [-0.2, 0) is 26.2 Å². The van der Waals surface area contributed by atoms with Crippen molar-refractivity contribution in [2.45, 2.75) is 11.5 Å². The summed E-state index contributed by atoms with van der Waals surface area (Å²) in [6.45, 7) is -0.231. The Hall–Kier alpha value is -4.18. The number of fused-ring (bicyclic) bond motifs is 1. The molecule has 0 fully saturated rings. The van der Waals surface area contributed by atoms with Crippen LogP contribution < -0.4 is 15.8 Å². The molecule has 0 radical (unpaired) electrons. The van der Waals surface area contributed by atoms with Gasteiger partial charge in [0, 0.05) is 11.3 Å². The van der Waals surface area contributed by atoms with Gasteiger partial charge in [-0.15, -0.1) is 4.40 Å². The number of esters is 1. The van der Waals surface area contributed by atoms with Crippen molar-refractivity contribution in [2.75, 3.05) is 11.9 Å². The van der Waals surface area contributed by atoms with Crippen molar-refractivity contribution in [3.05, 3.63) is 89.5 Å². The van der Waals surface area contributed by atoms with Crippen molar-refractivity contribution in [1.29, 1.82) is 0 Å². The van der Waals surface area contributed by atoms with E-state index in [1.165, 1.54) is 6.07 Å². The number of sulfonamides is 1. The van der Waals surface area contributed by atoms with Crippen LogP contribution in [0.4, 0.5) is 5.69 Å². The molecular formula is C23H19N3O6S. The molecule has 1 heterocycles. The molecule has 3 aromatic carbocycles. The molecule has 10 heteroatoms. The Kier molecular flexibility index (Phi) is 6.09. The van der Waals surface area contributed by atoms with Crippen LogP contribution in [0.5, 0.6) is 5.75 Å². The number of nitrogens with two attached hydrogens (primary N) is 1. The third-order valence-corrected chi connectivity index (χ3v) is 6.00. The second-order valence-corrected chi connectivity index (χ2v) is 8.66. The molecule has 0 bridgehead atoms. The SMILES string of the molecule is NC(=O)COc1cccc(COC(=O)c2ccc(NC3=NS(=O)(=O)c4ccccc43)cc2)c1. The molecule has 0 spiro atoms. The van der Waals surface area contributed by atoms with Gasteiger partial charge in [0.25, 0.3) is 15.9 Å². The van der Waals surface area contributed by atoms with Gasteiger partial charge in [-0.25, -0.2) is 4.79 Å². The summed E-state index contributed by atoms with van der Waals surface area (Å²) in [4.78, 5) is 23.4. The van der Waals surface area contributed by atoms with E-state index in [-0.39, 0.29) is 23.9 Å². The van der Waals surface area contributed by atoms with E-state index in [0.717, 1.165) is 0 Å². The number of benzene rings is 3. The molecule has 33 heavy (non-hydrogen) atoms. The number of carbonyl (C=O) groups excluding carboxylic acids is 2. The number of ether oxygens (including phenoxy) is 2. The van der Waals surface area contributed by atoms with Crippen LogP contribution in [0.15, 0.2) is 82.1 Å². The molecule has 0 saturated heterocycles. The molecule has 1 aliphatic heterocycles. The van der Waals surface area contributed by atoms with E-state index in [1.54, 1.807) is 66.7 Å².